The zero-order chi connectivity index (χ0) is 9.68. The molecule has 0 heterocycles. The van der Waals surface area contributed by atoms with E-state index < -0.39 is 0 Å². The van der Waals surface area contributed by atoms with Gasteiger partial charge in [0.05, 0.1) is 0 Å². The summed E-state index contributed by atoms with van der Waals surface area (Å²) < 4.78 is 1.18. The van der Waals surface area contributed by atoms with E-state index in [4.69, 9.17) is 11.6 Å². The molecule has 0 fully saturated rings. The molecule has 72 valence electrons. The molecule has 1 aromatic carbocycles. The highest BCUT2D eigenvalue weighted by molar-refractivity contribution is 9.10. The standard InChI is InChI=1S/C10H11Br2Cl/c11-7-9-8(4-2-6-13)3-1-5-10(9)12/h1,3,5H,2,4,6-7H2. The van der Waals surface area contributed by atoms with Gasteiger partial charge in [0.25, 0.3) is 0 Å². The van der Waals surface area contributed by atoms with Gasteiger partial charge >= 0.3 is 0 Å². The molecule has 0 saturated heterocycles. The van der Waals surface area contributed by atoms with Crippen LogP contribution in [-0.4, -0.2) is 5.88 Å². The van der Waals surface area contributed by atoms with Crippen LogP contribution >= 0.6 is 43.5 Å². The summed E-state index contributed by atoms with van der Waals surface area (Å²) in [6, 6.07) is 6.30. The molecule has 0 unspecified atom stereocenters. The molecule has 0 spiro atoms. The second kappa shape index (κ2) is 6.05. The predicted octanol–water partition coefficient (Wildman–Crippen LogP) is 4.52. The van der Waals surface area contributed by atoms with Crippen LogP contribution in [0.4, 0.5) is 0 Å². The maximum Gasteiger partial charge on any atom is 0.0296 e. The van der Waals surface area contributed by atoms with Crippen molar-refractivity contribution in [1.29, 1.82) is 0 Å². The normalized spacial score (nSPS) is 10.4. The highest BCUT2D eigenvalue weighted by Crippen LogP contribution is 2.24. The van der Waals surface area contributed by atoms with Crippen molar-refractivity contribution in [2.45, 2.75) is 18.2 Å². The number of benzene rings is 1. The molecule has 1 aromatic rings. The Morgan fingerprint density at radius 1 is 1.31 bits per heavy atom. The van der Waals surface area contributed by atoms with Crippen molar-refractivity contribution in [3.05, 3.63) is 33.8 Å². The summed E-state index contributed by atoms with van der Waals surface area (Å²) in [7, 11) is 0. The van der Waals surface area contributed by atoms with Gasteiger partial charge in [-0.15, -0.1) is 11.6 Å². The fourth-order valence-corrected chi connectivity index (χ4v) is 2.96. The average Bonchev–Trinajstić information content (AvgIpc) is 2.15. The third kappa shape index (κ3) is 3.26. The molecule has 0 radical (unpaired) electrons. The summed E-state index contributed by atoms with van der Waals surface area (Å²) >= 11 is 12.7. The van der Waals surface area contributed by atoms with E-state index in [1.807, 2.05) is 0 Å². The second-order valence-corrected chi connectivity index (χ2v) is 4.60. The minimum atomic E-state index is 0.730. The number of halogens is 3. The van der Waals surface area contributed by atoms with Gasteiger partial charge in [0, 0.05) is 15.7 Å². The van der Waals surface area contributed by atoms with Crippen LogP contribution in [0.15, 0.2) is 22.7 Å². The quantitative estimate of drug-likeness (QED) is 0.714. The fourth-order valence-electron chi connectivity index (χ4n) is 1.24. The van der Waals surface area contributed by atoms with Crippen molar-refractivity contribution in [2.75, 3.05) is 5.88 Å². The minimum absolute atomic E-state index is 0.730. The highest BCUT2D eigenvalue weighted by atomic mass is 79.9. The van der Waals surface area contributed by atoms with E-state index in [9.17, 15) is 0 Å². The van der Waals surface area contributed by atoms with Crippen molar-refractivity contribution in [3.8, 4) is 0 Å². The van der Waals surface area contributed by atoms with Crippen LogP contribution in [0, 0.1) is 0 Å². The maximum absolute atomic E-state index is 5.66. The van der Waals surface area contributed by atoms with Gasteiger partial charge in [0.2, 0.25) is 0 Å². The molecule has 1 rings (SSSR count). The van der Waals surface area contributed by atoms with E-state index in [0.717, 1.165) is 24.1 Å². The molecule has 0 aliphatic rings. The molecule has 3 heteroatoms. The van der Waals surface area contributed by atoms with Crippen LogP contribution < -0.4 is 0 Å². The van der Waals surface area contributed by atoms with E-state index in [2.05, 4.69) is 50.1 Å². The first-order chi connectivity index (χ1) is 6.29. The van der Waals surface area contributed by atoms with Crippen LogP contribution in [0.3, 0.4) is 0 Å². The smallest absolute Gasteiger partial charge is 0.0296 e. The average molecular weight is 326 g/mol. The monoisotopic (exact) mass is 324 g/mol. The van der Waals surface area contributed by atoms with Gasteiger partial charge in [-0.25, -0.2) is 0 Å². The van der Waals surface area contributed by atoms with Gasteiger partial charge in [0.15, 0.2) is 0 Å². The Balaban J connectivity index is 2.85. The Bertz CT molecular complexity index is 274. The number of aryl methyl sites for hydroxylation is 1. The molecule has 13 heavy (non-hydrogen) atoms. The Morgan fingerprint density at radius 2 is 2.08 bits per heavy atom. The van der Waals surface area contributed by atoms with Crippen LogP contribution in [0.25, 0.3) is 0 Å². The number of hydrogen-bond acceptors (Lipinski definition) is 0. The van der Waals surface area contributed by atoms with Gasteiger partial charge in [0.1, 0.15) is 0 Å². The number of rotatable bonds is 4. The molecule has 0 aliphatic heterocycles. The molecule has 0 aromatic heterocycles. The molecule has 0 saturated carbocycles. The van der Waals surface area contributed by atoms with Crippen LogP contribution in [0.5, 0.6) is 0 Å². The third-order valence-corrected chi connectivity index (χ3v) is 3.50. The third-order valence-electron chi connectivity index (χ3n) is 1.93. The summed E-state index contributed by atoms with van der Waals surface area (Å²) in [5, 5.41) is 0.895. The second-order valence-electron chi connectivity index (χ2n) is 2.80. The lowest BCUT2D eigenvalue weighted by Gasteiger charge is -2.07. The Hall–Kier alpha value is 0.470. The van der Waals surface area contributed by atoms with Gasteiger partial charge in [-0.2, -0.15) is 0 Å². The summed E-state index contributed by atoms with van der Waals surface area (Å²) in [6.45, 7) is 0. The van der Waals surface area contributed by atoms with Crippen molar-refractivity contribution >= 4 is 43.5 Å². The van der Waals surface area contributed by atoms with Crippen molar-refractivity contribution in [1.82, 2.24) is 0 Å². The number of hydrogen-bond donors (Lipinski definition) is 0. The highest BCUT2D eigenvalue weighted by Gasteiger charge is 2.04. The first kappa shape index (κ1) is 11.5. The van der Waals surface area contributed by atoms with Crippen molar-refractivity contribution < 1.29 is 0 Å². The zero-order valence-corrected chi connectivity index (χ0v) is 11.1. The molecule has 0 aliphatic carbocycles. The molecule has 0 nitrogen and oxygen atoms in total. The number of alkyl halides is 2. The van der Waals surface area contributed by atoms with Gasteiger partial charge < -0.3 is 0 Å². The maximum atomic E-state index is 5.66. The summed E-state index contributed by atoms with van der Waals surface area (Å²) in [6.07, 6.45) is 2.10. The molecule has 0 bridgehead atoms. The lowest BCUT2D eigenvalue weighted by atomic mass is 10.0. The molecule has 0 atom stereocenters. The molecular formula is C10H11Br2Cl. The summed E-state index contributed by atoms with van der Waals surface area (Å²) in [5.41, 5.74) is 2.72. The first-order valence-corrected chi connectivity index (χ1v) is 6.62. The van der Waals surface area contributed by atoms with E-state index in [1.165, 1.54) is 15.6 Å². The zero-order valence-electron chi connectivity index (χ0n) is 7.19. The van der Waals surface area contributed by atoms with Crippen LogP contribution in [0.2, 0.25) is 0 Å². The van der Waals surface area contributed by atoms with Gasteiger partial charge in [-0.3, -0.25) is 0 Å². The Labute approximate surface area is 101 Å². The van der Waals surface area contributed by atoms with Crippen molar-refractivity contribution in [2.24, 2.45) is 0 Å². The topological polar surface area (TPSA) is 0 Å². The van der Waals surface area contributed by atoms with E-state index in [0.29, 0.717) is 0 Å². The Kier molecular flexibility index (Phi) is 5.37. The van der Waals surface area contributed by atoms with E-state index >= 15 is 0 Å². The van der Waals surface area contributed by atoms with E-state index in [1.54, 1.807) is 0 Å². The fraction of sp³-hybridized carbons (Fsp3) is 0.400. The van der Waals surface area contributed by atoms with Gasteiger partial charge in [-0.05, 0) is 30.0 Å². The van der Waals surface area contributed by atoms with E-state index in [-0.39, 0.29) is 0 Å². The minimum Gasteiger partial charge on any atom is -0.127 e. The summed E-state index contributed by atoms with van der Waals surface area (Å²) in [4.78, 5) is 0. The lowest BCUT2D eigenvalue weighted by Crippen LogP contribution is -1.93. The predicted molar refractivity (Wildman–Crippen MR) is 65.8 cm³/mol. The molecular weight excluding hydrogens is 315 g/mol. The van der Waals surface area contributed by atoms with Gasteiger partial charge in [-0.1, -0.05) is 44.0 Å². The largest absolute Gasteiger partial charge is 0.127 e. The lowest BCUT2D eigenvalue weighted by molar-refractivity contribution is 0.916. The van der Waals surface area contributed by atoms with Crippen LogP contribution in [-0.2, 0) is 11.8 Å². The summed E-state index contributed by atoms with van der Waals surface area (Å²) in [5.74, 6) is 0.730. The first-order valence-electron chi connectivity index (χ1n) is 4.17. The SMILES string of the molecule is ClCCCc1cccc(Br)c1CBr. The Morgan fingerprint density at radius 3 is 2.69 bits per heavy atom. The molecule has 0 amide bonds. The van der Waals surface area contributed by atoms with Crippen LogP contribution in [0.1, 0.15) is 17.5 Å². The van der Waals surface area contributed by atoms with Crippen molar-refractivity contribution in [3.63, 3.8) is 0 Å². The molecule has 0 N–H and O–H groups in total.